The summed E-state index contributed by atoms with van der Waals surface area (Å²) >= 11 is 0. The van der Waals surface area contributed by atoms with Crippen LogP contribution in [0.25, 0.3) is 0 Å². The Hall–Kier alpha value is -2.64. The number of rotatable bonds is 10. The number of pyridine rings is 1. The fourth-order valence-corrected chi connectivity index (χ4v) is 3.84. The van der Waals surface area contributed by atoms with Gasteiger partial charge in [0, 0.05) is 51.5 Å². The van der Waals surface area contributed by atoms with E-state index in [9.17, 15) is 0 Å². The van der Waals surface area contributed by atoms with Crippen molar-refractivity contribution in [1.82, 2.24) is 20.5 Å². The second-order valence-electron chi connectivity index (χ2n) is 8.51. The van der Waals surface area contributed by atoms with Crippen molar-refractivity contribution in [2.75, 3.05) is 39.9 Å². The highest BCUT2D eigenvalue weighted by atomic mass is 16.5. The summed E-state index contributed by atoms with van der Waals surface area (Å²) in [6.07, 6.45) is 2.93. The molecule has 7 nitrogen and oxygen atoms in total. The van der Waals surface area contributed by atoms with Crippen molar-refractivity contribution in [3.63, 3.8) is 0 Å². The summed E-state index contributed by atoms with van der Waals surface area (Å²) in [5, 5.41) is 6.92. The standard InChI is InChI=1S/C25H37N5O2/c1-20(2)15-23(30-11-13-31-14-12-30)18-29-25(26-3)28-17-22-9-10-27-24(16-22)32-19-21-7-5-4-6-8-21/h4-10,16,20,23H,11-15,17-19H2,1-3H3,(H2,26,28,29). The first-order valence-electron chi connectivity index (χ1n) is 11.5. The molecule has 0 saturated carbocycles. The minimum atomic E-state index is 0.469. The van der Waals surface area contributed by atoms with E-state index in [1.807, 2.05) is 49.5 Å². The molecule has 1 unspecified atom stereocenters. The number of benzene rings is 1. The summed E-state index contributed by atoms with van der Waals surface area (Å²) in [5.41, 5.74) is 2.22. The van der Waals surface area contributed by atoms with Gasteiger partial charge in [-0.15, -0.1) is 0 Å². The van der Waals surface area contributed by atoms with Crippen LogP contribution in [0.2, 0.25) is 0 Å². The Morgan fingerprint density at radius 2 is 1.91 bits per heavy atom. The maximum atomic E-state index is 5.85. The third-order valence-corrected chi connectivity index (χ3v) is 5.52. The highest BCUT2D eigenvalue weighted by molar-refractivity contribution is 5.79. The van der Waals surface area contributed by atoms with E-state index in [1.54, 1.807) is 6.20 Å². The molecular formula is C25H37N5O2. The van der Waals surface area contributed by atoms with Gasteiger partial charge in [-0.05, 0) is 29.5 Å². The van der Waals surface area contributed by atoms with Gasteiger partial charge in [0.2, 0.25) is 5.88 Å². The van der Waals surface area contributed by atoms with Gasteiger partial charge >= 0.3 is 0 Å². The quantitative estimate of drug-likeness (QED) is 0.438. The average Bonchev–Trinajstić information content (AvgIpc) is 2.83. The lowest BCUT2D eigenvalue weighted by molar-refractivity contribution is 0.0132. The monoisotopic (exact) mass is 439 g/mol. The molecule has 2 aromatic rings. The number of nitrogens with zero attached hydrogens (tertiary/aromatic N) is 3. The molecule has 1 aromatic carbocycles. The summed E-state index contributed by atoms with van der Waals surface area (Å²) in [7, 11) is 1.81. The van der Waals surface area contributed by atoms with E-state index in [4.69, 9.17) is 9.47 Å². The first-order chi connectivity index (χ1) is 15.6. The van der Waals surface area contributed by atoms with Gasteiger partial charge < -0.3 is 20.1 Å². The summed E-state index contributed by atoms with van der Waals surface area (Å²) in [6.45, 7) is 10.2. The Kier molecular flexibility index (Phi) is 9.78. The number of hydrogen-bond acceptors (Lipinski definition) is 5. The molecule has 0 spiro atoms. The van der Waals surface area contributed by atoms with Crippen LogP contribution < -0.4 is 15.4 Å². The van der Waals surface area contributed by atoms with E-state index in [1.165, 1.54) is 0 Å². The molecule has 1 atom stereocenters. The Balaban J connectivity index is 1.48. The van der Waals surface area contributed by atoms with E-state index in [-0.39, 0.29) is 0 Å². The van der Waals surface area contributed by atoms with E-state index in [0.29, 0.717) is 31.0 Å². The van der Waals surface area contributed by atoms with Gasteiger partial charge in [0.05, 0.1) is 13.2 Å². The lowest BCUT2D eigenvalue weighted by Gasteiger charge is -2.35. The Morgan fingerprint density at radius 1 is 1.12 bits per heavy atom. The van der Waals surface area contributed by atoms with Crippen LogP contribution in [0, 0.1) is 5.92 Å². The van der Waals surface area contributed by atoms with E-state index >= 15 is 0 Å². The molecule has 1 aliphatic heterocycles. The van der Waals surface area contributed by atoms with Crippen molar-refractivity contribution in [2.24, 2.45) is 10.9 Å². The maximum Gasteiger partial charge on any atom is 0.213 e. The van der Waals surface area contributed by atoms with Crippen molar-refractivity contribution < 1.29 is 9.47 Å². The van der Waals surface area contributed by atoms with Crippen molar-refractivity contribution in [2.45, 2.75) is 39.5 Å². The predicted octanol–water partition coefficient (Wildman–Crippen LogP) is 3.07. The van der Waals surface area contributed by atoms with Crippen LogP contribution in [-0.2, 0) is 17.9 Å². The molecular weight excluding hydrogens is 402 g/mol. The fourth-order valence-electron chi connectivity index (χ4n) is 3.84. The van der Waals surface area contributed by atoms with E-state index in [2.05, 4.69) is 39.4 Å². The molecule has 2 N–H and O–H groups in total. The summed E-state index contributed by atoms with van der Waals surface area (Å²) in [6, 6.07) is 14.5. The van der Waals surface area contributed by atoms with Crippen LogP contribution in [0.15, 0.2) is 53.7 Å². The lowest BCUT2D eigenvalue weighted by Crippen LogP contribution is -2.50. The van der Waals surface area contributed by atoms with Crippen LogP contribution in [0.5, 0.6) is 5.88 Å². The molecule has 174 valence electrons. The molecule has 1 aromatic heterocycles. The average molecular weight is 440 g/mol. The minimum absolute atomic E-state index is 0.469. The molecule has 1 saturated heterocycles. The number of aromatic nitrogens is 1. The summed E-state index contributed by atoms with van der Waals surface area (Å²) < 4.78 is 11.4. The van der Waals surface area contributed by atoms with Crippen LogP contribution in [0.1, 0.15) is 31.4 Å². The summed E-state index contributed by atoms with van der Waals surface area (Å²) in [4.78, 5) is 11.3. The molecule has 1 fully saturated rings. The van der Waals surface area contributed by atoms with Crippen molar-refractivity contribution in [1.29, 1.82) is 0 Å². The molecule has 32 heavy (non-hydrogen) atoms. The fraction of sp³-hybridized carbons (Fsp3) is 0.520. The third-order valence-electron chi connectivity index (χ3n) is 5.52. The van der Waals surface area contributed by atoms with Crippen LogP contribution in [-0.4, -0.2) is 61.8 Å². The lowest BCUT2D eigenvalue weighted by atomic mass is 10.0. The minimum Gasteiger partial charge on any atom is -0.473 e. The predicted molar refractivity (Wildman–Crippen MR) is 129 cm³/mol. The molecule has 0 aliphatic carbocycles. The molecule has 0 radical (unpaired) electrons. The smallest absolute Gasteiger partial charge is 0.213 e. The largest absolute Gasteiger partial charge is 0.473 e. The Morgan fingerprint density at radius 3 is 2.62 bits per heavy atom. The number of ether oxygens (including phenoxy) is 2. The zero-order valence-corrected chi connectivity index (χ0v) is 19.6. The van der Waals surface area contributed by atoms with Crippen molar-refractivity contribution in [3.05, 3.63) is 59.8 Å². The third kappa shape index (κ3) is 8.13. The van der Waals surface area contributed by atoms with Crippen LogP contribution >= 0.6 is 0 Å². The first kappa shape index (κ1) is 24.0. The SMILES string of the molecule is CN=C(NCc1ccnc(OCc2ccccc2)c1)NCC(CC(C)C)N1CCOCC1. The van der Waals surface area contributed by atoms with Gasteiger partial charge in [0.25, 0.3) is 0 Å². The Bertz CT molecular complexity index is 822. The molecule has 0 bridgehead atoms. The topological polar surface area (TPSA) is 71.0 Å². The van der Waals surface area contributed by atoms with Gasteiger partial charge in [-0.3, -0.25) is 9.89 Å². The molecule has 7 heteroatoms. The highest BCUT2D eigenvalue weighted by Gasteiger charge is 2.22. The number of morpholine rings is 1. The van der Waals surface area contributed by atoms with E-state index < -0.39 is 0 Å². The van der Waals surface area contributed by atoms with Crippen molar-refractivity contribution in [3.8, 4) is 5.88 Å². The van der Waals surface area contributed by atoms with Gasteiger partial charge in [-0.1, -0.05) is 44.2 Å². The van der Waals surface area contributed by atoms with E-state index in [0.717, 1.165) is 56.4 Å². The number of guanidine groups is 1. The van der Waals surface area contributed by atoms with Crippen LogP contribution in [0.3, 0.4) is 0 Å². The number of hydrogen-bond donors (Lipinski definition) is 2. The zero-order chi connectivity index (χ0) is 22.6. The van der Waals surface area contributed by atoms with Crippen LogP contribution in [0.4, 0.5) is 0 Å². The van der Waals surface area contributed by atoms with Gasteiger partial charge in [-0.2, -0.15) is 0 Å². The molecule has 0 amide bonds. The second kappa shape index (κ2) is 13.0. The summed E-state index contributed by atoms with van der Waals surface area (Å²) in [5.74, 6) is 2.07. The highest BCUT2D eigenvalue weighted by Crippen LogP contribution is 2.14. The van der Waals surface area contributed by atoms with Crippen molar-refractivity contribution >= 4 is 5.96 Å². The second-order valence-corrected chi connectivity index (χ2v) is 8.51. The van der Waals surface area contributed by atoms with Gasteiger partial charge in [0.15, 0.2) is 5.96 Å². The normalized spacial score (nSPS) is 16.1. The zero-order valence-electron chi connectivity index (χ0n) is 19.6. The molecule has 1 aliphatic rings. The van der Waals surface area contributed by atoms with Gasteiger partial charge in [0.1, 0.15) is 6.61 Å². The molecule has 3 rings (SSSR count). The number of nitrogens with one attached hydrogen (secondary N) is 2. The molecule has 2 heterocycles. The Labute approximate surface area is 192 Å². The number of aliphatic imine (C=N–C) groups is 1. The maximum absolute atomic E-state index is 5.85. The van der Waals surface area contributed by atoms with Gasteiger partial charge in [-0.25, -0.2) is 4.98 Å². The first-order valence-corrected chi connectivity index (χ1v) is 11.5.